The number of nitrogens with zero attached hydrogens (tertiary/aromatic N) is 1. The summed E-state index contributed by atoms with van der Waals surface area (Å²) < 4.78 is 0. The molecule has 0 N–H and O–H groups in total. The van der Waals surface area contributed by atoms with Crippen molar-refractivity contribution in [3.8, 4) is 0 Å². The molecular formula is C10H23N. The lowest BCUT2D eigenvalue weighted by molar-refractivity contribution is 0.807. The van der Waals surface area contributed by atoms with E-state index >= 15 is 0 Å². The first-order valence-corrected chi connectivity index (χ1v) is 4.66. The predicted octanol–water partition coefficient (Wildman–Crippen LogP) is 3.68. The summed E-state index contributed by atoms with van der Waals surface area (Å²) in [4.78, 5) is 4.23. The lowest BCUT2D eigenvalue weighted by Crippen LogP contribution is -1.84. The first-order chi connectivity index (χ1) is 5.18. The van der Waals surface area contributed by atoms with Crippen LogP contribution in [-0.2, 0) is 0 Å². The van der Waals surface area contributed by atoms with E-state index in [1.165, 1.54) is 25.0 Å². The van der Waals surface area contributed by atoms with Crippen LogP contribution in [0.5, 0.6) is 0 Å². The molecule has 0 bridgehead atoms. The molecule has 0 fully saturated rings. The molecule has 0 spiro atoms. The number of hydrogen-bond acceptors (Lipinski definition) is 1. The third kappa shape index (κ3) is 26.1. The molecule has 0 amide bonds. The molecular weight excluding hydrogens is 134 g/mol. The normalized spacial score (nSPS) is 8.09. The van der Waals surface area contributed by atoms with Gasteiger partial charge < -0.3 is 0 Å². The molecule has 0 aliphatic rings. The fourth-order valence-corrected chi connectivity index (χ4v) is 0.461. The summed E-state index contributed by atoms with van der Waals surface area (Å²) >= 11 is 0. The fraction of sp³-hybridized carbons (Fsp3) is 0.900. The minimum Gasteiger partial charge on any atom is -0.295 e. The van der Waals surface area contributed by atoms with Gasteiger partial charge in [-0.05, 0) is 20.3 Å². The van der Waals surface area contributed by atoms with Crippen molar-refractivity contribution in [1.82, 2.24) is 0 Å². The Morgan fingerprint density at radius 1 is 1.09 bits per heavy atom. The van der Waals surface area contributed by atoms with Crippen LogP contribution in [0.4, 0.5) is 0 Å². The van der Waals surface area contributed by atoms with Crippen LogP contribution >= 0.6 is 0 Å². The lowest BCUT2D eigenvalue weighted by Gasteiger charge is -1.89. The zero-order chi connectivity index (χ0) is 9.11. The van der Waals surface area contributed by atoms with Crippen molar-refractivity contribution in [2.45, 2.75) is 53.9 Å². The van der Waals surface area contributed by atoms with E-state index in [0.717, 1.165) is 6.54 Å². The zero-order valence-electron chi connectivity index (χ0n) is 8.78. The number of unbranched alkanes of at least 4 members (excludes halogenated alkanes) is 1. The van der Waals surface area contributed by atoms with Gasteiger partial charge in [0.1, 0.15) is 0 Å². The Morgan fingerprint density at radius 2 is 1.55 bits per heavy atom. The van der Waals surface area contributed by atoms with Gasteiger partial charge in [0.05, 0.1) is 0 Å². The van der Waals surface area contributed by atoms with Crippen LogP contribution in [0.15, 0.2) is 4.99 Å². The molecule has 11 heavy (non-hydrogen) atoms. The van der Waals surface area contributed by atoms with Gasteiger partial charge in [-0.3, -0.25) is 4.99 Å². The van der Waals surface area contributed by atoms with Crippen molar-refractivity contribution in [2.24, 2.45) is 4.99 Å². The molecule has 0 aliphatic carbocycles. The molecule has 0 rings (SSSR count). The van der Waals surface area contributed by atoms with Crippen LogP contribution in [0.25, 0.3) is 0 Å². The van der Waals surface area contributed by atoms with Gasteiger partial charge in [-0.15, -0.1) is 0 Å². The highest BCUT2D eigenvalue weighted by Crippen LogP contribution is 1.86. The summed E-state index contributed by atoms with van der Waals surface area (Å²) in [6, 6.07) is 0. The highest BCUT2D eigenvalue weighted by Gasteiger charge is 1.78. The van der Waals surface area contributed by atoms with E-state index in [9.17, 15) is 0 Å². The standard InChI is InChI=1S/C7H15N.C3H8/c1-4-5-6-8-7(2)3;1-3-2/h4-6H2,1-3H3;3H2,1-2H3. The molecule has 0 heterocycles. The summed E-state index contributed by atoms with van der Waals surface area (Å²) in [5.41, 5.74) is 1.19. The third-order valence-corrected chi connectivity index (χ3v) is 0.940. The molecule has 1 heteroatoms. The van der Waals surface area contributed by atoms with E-state index in [1.807, 2.05) is 13.8 Å². The second kappa shape index (κ2) is 12.4. The van der Waals surface area contributed by atoms with Crippen LogP contribution in [0.2, 0.25) is 0 Å². The maximum atomic E-state index is 4.23. The Morgan fingerprint density at radius 3 is 1.82 bits per heavy atom. The van der Waals surface area contributed by atoms with Crippen molar-refractivity contribution in [3.63, 3.8) is 0 Å². The summed E-state index contributed by atoms with van der Waals surface area (Å²) in [7, 11) is 0. The Hall–Kier alpha value is -0.330. The summed E-state index contributed by atoms with van der Waals surface area (Å²) in [5.74, 6) is 0. The molecule has 0 aliphatic heterocycles. The Kier molecular flexibility index (Phi) is 14.9. The number of aliphatic imine (C=N–C) groups is 1. The minimum absolute atomic E-state index is 1.01. The predicted molar refractivity (Wildman–Crippen MR) is 54.5 cm³/mol. The van der Waals surface area contributed by atoms with Gasteiger partial charge in [-0.25, -0.2) is 0 Å². The topological polar surface area (TPSA) is 12.4 Å². The first kappa shape index (κ1) is 13.3. The van der Waals surface area contributed by atoms with E-state index in [2.05, 4.69) is 25.8 Å². The number of hydrogen-bond donors (Lipinski definition) is 0. The van der Waals surface area contributed by atoms with Gasteiger partial charge in [-0.2, -0.15) is 0 Å². The average molecular weight is 157 g/mol. The van der Waals surface area contributed by atoms with E-state index in [0.29, 0.717) is 0 Å². The quantitative estimate of drug-likeness (QED) is 0.437. The van der Waals surface area contributed by atoms with Crippen molar-refractivity contribution in [3.05, 3.63) is 0 Å². The largest absolute Gasteiger partial charge is 0.295 e. The highest BCUT2D eigenvalue weighted by molar-refractivity contribution is 5.78. The Balaban J connectivity index is 0. The molecule has 0 saturated carbocycles. The van der Waals surface area contributed by atoms with E-state index in [-0.39, 0.29) is 0 Å². The third-order valence-electron chi connectivity index (χ3n) is 0.940. The molecule has 1 nitrogen and oxygen atoms in total. The highest BCUT2D eigenvalue weighted by atomic mass is 14.7. The van der Waals surface area contributed by atoms with E-state index in [1.54, 1.807) is 0 Å². The number of rotatable bonds is 3. The molecule has 68 valence electrons. The molecule has 0 atom stereocenters. The van der Waals surface area contributed by atoms with Crippen molar-refractivity contribution >= 4 is 5.71 Å². The van der Waals surface area contributed by atoms with E-state index in [4.69, 9.17) is 0 Å². The van der Waals surface area contributed by atoms with Gasteiger partial charge in [0.15, 0.2) is 0 Å². The van der Waals surface area contributed by atoms with Crippen LogP contribution in [-0.4, -0.2) is 12.3 Å². The monoisotopic (exact) mass is 157 g/mol. The molecule has 0 aromatic rings. The van der Waals surface area contributed by atoms with Crippen LogP contribution in [0.3, 0.4) is 0 Å². The van der Waals surface area contributed by atoms with Crippen LogP contribution in [0, 0.1) is 0 Å². The first-order valence-electron chi connectivity index (χ1n) is 4.66. The minimum atomic E-state index is 1.01. The summed E-state index contributed by atoms with van der Waals surface area (Å²) in [5, 5.41) is 0. The zero-order valence-corrected chi connectivity index (χ0v) is 8.78. The van der Waals surface area contributed by atoms with Gasteiger partial charge in [-0.1, -0.05) is 33.6 Å². The maximum absolute atomic E-state index is 4.23. The van der Waals surface area contributed by atoms with E-state index < -0.39 is 0 Å². The Labute approximate surface area is 71.9 Å². The lowest BCUT2D eigenvalue weighted by atomic mass is 10.3. The summed E-state index contributed by atoms with van der Waals surface area (Å²) in [6.45, 7) is 11.5. The average Bonchev–Trinajstić information content (AvgIpc) is 1.89. The second-order valence-corrected chi connectivity index (χ2v) is 2.89. The van der Waals surface area contributed by atoms with Crippen LogP contribution in [0.1, 0.15) is 53.9 Å². The fourth-order valence-electron chi connectivity index (χ4n) is 0.461. The molecule has 0 aromatic carbocycles. The smallest absolute Gasteiger partial charge is 0.0388 e. The molecule has 0 saturated heterocycles. The van der Waals surface area contributed by atoms with Crippen molar-refractivity contribution in [2.75, 3.05) is 6.54 Å². The molecule has 0 unspecified atom stereocenters. The van der Waals surface area contributed by atoms with Gasteiger partial charge in [0.25, 0.3) is 0 Å². The molecule has 0 radical (unpaired) electrons. The SMILES string of the molecule is CCC.CCCCN=C(C)C. The Bertz CT molecular complexity index is 80.9. The van der Waals surface area contributed by atoms with Crippen molar-refractivity contribution in [1.29, 1.82) is 0 Å². The van der Waals surface area contributed by atoms with Crippen molar-refractivity contribution < 1.29 is 0 Å². The van der Waals surface area contributed by atoms with Crippen LogP contribution < -0.4 is 0 Å². The second-order valence-electron chi connectivity index (χ2n) is 2.89. The van der Waals surface area contributed by atoms with Gasteiger partial charge >= 0.3 is 0 Å². The van der Waals surface area contributed by atoms with Gasteiger partial charge in [0.2, 0.25) is 0 Å². The maximum Gasteiger partial charge on any atom is 0.0388 e. The summed E-state index contributed by atoms with van der Waals surface area (Å²) in [6.07, 6.45) is 3.72. The van der Waals surface area contributed by atoms with Gasteiger partial charge in [0, 0.05) is 12.3 Å². The molecule has 0 aromatic heterocycles.